The summed E-state index contributed by atoms with van der Waals surface area (Å²) in [7, 11) is 2.43. The van der Waals surface area contributed by atoms with Crippen LogP contribution in [-0.2, 0) is 16.3 Å². The van der Waals surface area contributed by atoms with Crippen LogP contribution in [0.5, 0.6) is 5.88 Å². The van der Waals surface area contributed by atoms with Crippen LogP contribution in [0.25, 0.3) is 0 Å². The molecule has 1 aromatic carbocycles. The molecule has 176 valence electrons. The minimum Gasteiger partial charge on any atom is -0.479 e. The first-order valence-corrected chi connectivity index (χ1v) is 9.72. The molecule has 3 heterocycles. The molecule has 0 aliphatic carbocycles. The largest absolute Gasteiger partial charge is 0.479 e. The second kappa shape index (κ2) is 7.52. The Balaban J connectivity index is 1.89. The van der Waals surface area contributed by atoms with Gasteiger partial charge >= 0.3 is 0 Å². The molecule has 0 spiro atoms. The zero-order valence-electron chi connectivity index (χ0n) is 17.7. The van der Waals surface area contributed by atoms with Crippen molar-refractivity contribution in [1.82, 2.24) is 14.9 Å². The Kier molecular flexibility index (Phi) is 5.17. The highest BCUT2D eigenvalue weighted by molar-refractivity contribution is 6.01. The predicted molar refractivity (Wildman–Crippen MR) is 106 cm³/mol. The van der Waals surface area contributed by atoms with E-state index in [1.807, 2.05) is 0 Å². The van der Waals surface area contributed by atoms with Gasteiger partial charge in [-0.2, -0.15) is 18.2 Å². The molecular weight excluding hydrogens is 451 g/mol. The van der Waals surface area contributed by atoms with E-state index in [4.69, 9.17) is 10.5 Å². The number of methoxy groups -OCH3 is 1. The number of alkyl halides is 2. The molecule has 13 heteroatoms. The first kappa shape index (κ1) is 22.7. The third-order valence-electron chi connectivity index (χ3n) is 5.80. The number of carbonyl (C=O) groups is 1. The summed E-state index contributed by atoms with van der Waals surface area (Å²) in [6.07, 6.45) is 0. The molecule has 0 saturated carbocycles. The van der Waals surface area contributed by atoms with E-state index in [-0.39, 0.29) is 30.6 Å². The highest BCUT2D eigenvalue weighted by Gasteiger charge is 2.57. The van der Waals surface area contributed by atoms with Crippen LogP contribution in [-0.4, -0.2) is 54.0 Å². The number of rotatable bonds is 4. The third-order valence-corrected chi connectivity index (χ3v) is 5.80. The molecule has 2 aliphatic heterocycles. The average Bonchev–Trinajstić information content (AvgIpc) is 3.11. The summed E-state index contributed by atoms with van der Waals surface area (Å²) in [6.45, 7) is 0.00848. The number of hydrogen-bond donors (Lipinski definition) is 1. The lowest BCUT2D eigenvalue weighted by molar-refractivity contribution is -0.132. The van der Waals surface area contributed by atoms with Gasteiger partial charge in [0.2, 0.25) is 17.7 Å². The molecule has 2 N–H and O–H groups in total. The first-order chi connectivity index (χ1) is 15.4. The smallest absolute Gasteiger partial charge is 0.290 e. The van der Waals surface area contributed by atoms with E-state index in [9.17, 15) is 26.7 Å². The van der Waals surface area contributed by atoms with Crippen LogP contribution in [0.1, 0.15) is 18.2 Å². The summed E-state index contributed by atoms with van der Waals surface area (Å²) in [4.78, 5) is 27.3. The van der Waals surface area contributed by atoms with E-state index < -0.39 is 52.3 Å². The van der Waals surface area contributed by atoms with Crippen molar-refractivity contribution in [1.29, 1.82) is 0 Å². The number of aromatic nitrogens is 2. The summed E-state index contributed by atoms with van der Waals surface area (Å²) in [5.41, 5.74) is 2.96. The van der Waals surface area contributed by atoms with Gasteiger partial charge in [-0.15, -0.1) is 0 Å². The van der Waals surface area contributed by atoms with Gasteiger partial charge in [0.05, 0.1) is 19.6 Å². The summed E-state index contributed by atoms with van der Waals surface area (Å²) in [5.74, 6) is -9.76. The number of ether oxygens (including phenoxy) is 1. The summed E-state index contributed by atoms with van der Waals surface area (Å²) >= 11 is 0. The lowest BCUT2D eigenvalue weighted by Crippen LogP contribution is -2.54. The fourth-order valence-corrected chi connectivity index (χ4v) is 4.17. The Morgan fingerprint density at radius 1 is 1.24 bits per heavy atom. The fourth-order valence-electron chi connectivity index (χ4n) is 4.17. The summed E-state index contributed by atoms with van der Waals surface area (Å²) < 4.78 is 75.6. The third kappa shape index (κ3) is 3.51. The molecule has 1 aromatic heterocycles. The Labute approximate surface area is 184 Å². The van der Waals surface area contributed by atoms with E-state index in [1.165, 1.54) is 11.9 Å². The number of aliphatic imine (C=N–C) groups is 1. The van der Waals surface area contributed by atoms with Crippen LogP contribution in [0.3, 0.4) is 0 Å². The number of fused-ring (bicyclic) bond motifs is 1. The molecule has 8 nitrogen and oxygen atoms in total. The van der Waals surface area contributed by atoms with E-state index in [0.29, 0.717) is 13.0 Å². The van der Waals surface area contributed by atoms with Crippen molar-refractivity contribution in [3.8, 4) is 5.88 Å². The molecule has 2 aliphatic rings. The molecule has 1 amide bonds. The zero-order valence-corrected chi connectivity index (χ0v) is 17.7. The lowest BCUT2D eigenvalue weighted by atomic mass is 9.79. The normalized spacial score (nSPS) is 23.0. The molecule has 2 atom stereocenters. The van der Waals surface area contributed by atoms with Crippen molar-refractivity contribution in [2.24, 2.45) is 16.6 Å². The second-order valence-electron chi connectivity index (χ2n) is 7.93. The van der Waals surface area contributed by atoms with Gasteiger partial charge in [0.25, 0.3) is 11.8 Å². The van der Waals surface area contributed by atoms with Crippen molar-refractivity contribution >= 4 is 17.8 Å². The van der Waals surface area contributed by atoms with Crippen LogP contribution < -0.4 is 15.4 Å². The number of guanidine groups is 1. The number of benzene rings is 1. The zero-order chi connectivity index (χ0) is 24.3. The number of anilines is 1. The van der Waals surface area contributed by atoms with Gasteiger partial charge in [-0.3, -0.25) is 9.69 Å². The van der Waals surface area contributed by atoms with Gasteiger partial charge in [-0.1, -0.05) is 6.07 Å². The lowest BCUT2D eigenvalue weighted by Gasteiger charge is -2.37. The molecule has 0 radical (unpaired) electrons. The van der Waals surface area contributed by atoms with Gasteiger partial charge in [0, 0.05) is 32.1 Å². The standard InChI is InChI=1S/C20H19F5N6O2/c1-19(24,25)14-13(23)15(33-3)28-18(27-14)31-7-11-16(32)30(2)17(26)29-20(11,8-31)10-5-4-9(21)6-12(10)22/h4-6,11H,7-8H2,1-3H3,(H2,26,29)/t11-,20+/m0/s1. The summed E-state index contributed by atoms with van der Waals surface area (Å²) in [6, 6.07) is 2.80. The molecule has 0 unspecified atom stereocenters. The van der Waals surface area contributed by atoms with E-state index in [1.54, 1.807) is 0 Å². The van der Waals surface area contributed by atoms with Crippen molar-refractivity contribution in [3.63, 3.8) is 0 Å². The number of carbonyl (C=O) groups excluding carboxylic acids is 1. The molecule has 4 rings (SSSR count). The Bertz CT molecular complexity index is 1170. The van der Waals surface area contributed by atoms with Crippen molar-refractivity contribution in [2.45, 2.75) is 18.4 Å². The van der Waals surface area contributed by atoms with E-state index in [0.717, 1.165) is 24.1 Å². The molecule has 2 aromatic rings. The fraction of sp³-hybridized carbons (Fsp3) is 0.400. The maximum absolute atomic E-state index is 14.8. The number of nitrogens with zero attached hydrogens (tertiary/aromatic N) is 5. The van der Waals surface area contributed by atoms with Crippen LogP contribution in [0.2, 0.25) is 0 Å². The molecule has 0 bridgehead atoms. The van der Waals surface area contributed by atoms with Gasteiger partial charge < -0.3 is 15.4 Å². The van der Waals surface area contributed by atoms with Crippen molar-refractivity contribution in [2.75, 3.05) is 32.1 Å². The van der Waals surface area contributed by atoms with Crippen LogP contribution in [0.4, 0.5) is 27.9 Å². The SMILES string of the molecule is COc1nc(N2C[C@H]3C(=O)N(C)C(N)=N[C@@]3(c3ccc(F)cc3F)C2)nc(C(C)(F)F)c1F. The second-order valence-corrected chi connectivity index (χ2v) is 7.93. The number of halogens is 5. The van der Waals surface area contributed by atoms with E-state index >= 15 is 0 Å². The van der Waals surface area contributed by atoms with Crippen molar-refractivity contribution < 1.29 is 31.5 Å². The van der Waals surface area contributed by atoms with E-state index in [2.05, 4.69) is 15.0 Å². The maximum atomic E-state index is 14.8. The number of nitrogens with two attached hydrogens (primary N) is 1. The highest BCUT2D eigenvalue weighted by Crippen LogP contribution is 2.46. The van der Waals surface area contributed by atoms with Crippen molar-refractivity contribution in [3.05, 3.63) is 46.9 Å². The molecular formula is C20H19F5N6O2. The number of hydrogen-bond acceptors (Lipinski definition) is 7. The predicted octanol–water partition coefficient (Wildman–Crippen LogP) is 2.13. The first-order valence-electron chi connectivity index (χ1n) is 9.72. The van der Waals surface area contributed by atoms with Gasteiger partial charge in [0.1, 0.15) is 17.2 Å². The topological polar surface area (TPSA) is 96.9 Å². The van der Waals surface area contributed by atoms with Crippen LogP contribution in [0.15, 0.2) is 23.2 Å². The van der Waals surface area contributed by atoms with Gasteiger partial charge in [-0.05, 0) is 6.07 Å². The molecule has 33 heavy (non-hydrogen) atoms. The van der Waals surface area contributed by atoms with Gasteiger partial charge in [0.15, 0.2) is 11.7 Å². The minimum absolute atomic E-state index is 0.115. The average molecular weight is 470 g/mol. The van der Waals surface area contributed by atoms with Crippen LogP contribution >= 0.6 is 0 Å². The quantitative estimate of drug-likeness (QED) is 0.688. The Hall–Kier alpha value is -3.51. The monoisotopic (exact) mass is 470 g/mol. The summed E-state index contributed by atoms with van der Waals surface area (Å²) in [5, 5.41) is 0. The highest BCUT2D eigenvalue weighted by atomic mass is 19.3. The Morgan fingerprint density at radius 3 is 2.55 bits per heavy atom. The molecule has 1 fully saturated rings. The minimum atomic E-state index is -3.67. The molecule has 1 saturated heterocycles. The maximum Gasteiger partial charge on any atom is 0.290 e. The number of amides is 1. The van der Waals surface area contributed by atoms with Gasteiger partial charge in [-0.25, -0.2) is 18.8 Å². The Morgan fingerprint density at radius 2 is 1.94 bits per heavy atom. The van der Waals surface area contributed by atoms with Crippen LogP contribution in [0, 0.1) is 23.4 Å².